The fourth-order valence-electron chi connectivity index (χ4n) is 2.14. The third-order valence-electron chi connectivity index (χ3n) is 3.56. The van der Waals surface area contributed by atoms with E-state index in [0.29, 0.717) is 12.5 Å². The van der Waals surface area contributed by atoms with Gasteiger partial charge in [-0.05, 0) is 41.6 Å². The summed E-state index contributed by atoms with van der Waals surface area (Å²) >= 11 is 2.95. The lowest BCUT2D eigenvalue weighted by Gasteiger charge is -2.30. The third kappa shape index (κ3) is 2.87. The number of nitrogens with one attached hydrogen (secondary N) is 1. The van der Waals surface area contributed by atoms with Crippen LogP contribution in [0.5, 0.6) is 0 Å². The lowest BCUT2D eigenvalue weighted by Crippen LogP contribution is -2.44. The number of hydrogen-bond donors (Lipinski definition) is 2. The monoisotopic (exact) mass is 331 g/mol. The van der Waals surface area contributed by atoms with Gasteiger partial charge in [0.05, 0.1) is 9.40 Å². The molecule has 2 rings (SSSR count). The molecule has 7 heteroatoms. The van der Waals surface area contributed by atoms with E-state index in [9.17, 15) is 14.5 Å². The molecule has 1 aliphatic rings. The quantitative estimate of drug-likeness (QED) is 0.641. The van der Waals surface area contributed by atoms with Crippen LogP contribution in [-0.2, 0) is 0 Å². The maximum atomic E-state index is 13.6. The zero-order chi connectivity index (χ0) is 14.2. The topological polar surface area (TPSA) is 81.2 Å². The van der Waals surface area contributed by atoms with Gasteiger partial charge in [-0.1, -0.05) is 0 Å². The molecule has 1 aromatic rings. The number of nitro benzene ring substituents is 1. The van der Waals surface area contributed by atoms with Crippen LogP contribution in [0.25, 0.3) is 0 Å². The fraction of sp³-hybridized carbons (Fsp3) is 0.500. The summed E-state index contributed by atoms with van der Waals surface area (Å²) in [6.07, 6.45) is 2.07. The molecule has 1 aliphatic carbocycles. The lowest BCUT2D eigenvalue weighted by molar-refractivity contribution is -0.384. The molecule has 0 aromatic heterocycles. The molecule has 0 bridgehead atoms. The van der Waals surface area contributed by atoms with E-state index in [1.165, 1.54) is 6.07 Å². The van der Waals surface area contributed by atoms with Crippen molar-refractivity contribution in [3.8, 4) is 0 Å². The number of nitrogens with two attached hydrogens (primary N) is 1. The van der Waals surface area contributed by atoms with E-state index in [1.807, 2.05) is 6.92 Å². The van der Waals surface area contributed by atoms with E-state index in [4.69, 9.17) is 5.73 Å². The average Bonchev–Trinajstić information content (AvgIpc) is 3.17. The molecule has 0 spiro atoms. The maximum Gasteiger partial charge on any atom is 0.293 e. The van der Waals surface area contributed by atoms with Gasteiger partial charge in [-0.2, -0.15) is 0 Å². The van der Waals surface area contributed by atoms with Crippen molar-refractivity contribution in [2.45, 2.75) is 25.3 Å². The Morgan fingerprint density at radius 1 is 1.63 bits per heavy atom. The minimum Gasteiger partial charge on any atom is -0.373 e. The van der Waals surface area contributed by atoms with E-state index >= 15 is 0 Å². The fourth-order valence-corrected chi connectivity index (χ4v) is 2.47. The van der Waals surface area contributed by atoms with Crippen LogP contribution in [0.1, 0.15) is 19.8 Å². The minimum atomic E-state index is -0.539. The predicted molar refractivity (Wildman–Crippen MR) is 74.6 cm³/mol. The Morgan fingerprint density at radius 2 is 2.26 bits per heavy atom. The number of hydrogen-bond acceptors (Lipinski definition) is 4. The second-order valence-electron chi connectivity index (χ2n) is 5.06. The first-order chi connectivity index (χ1) is 8.87. The van der Waals surface area contributed by atoms with Crippen molar-refractivity contribution in [2.24, 2.45) is 11.7 Å². The highest BCUT2D eigenvalue weighted by atomic mass is 79.9. The highest BCUT2D eigenvalue weighted by molar-refractivity contribution is 9.10. The molecule has 1 atom stereocenters. The minimum absolute atomic E-state index is 0.0747. The van der Waals surface area contributed by atoms with Crippen LogP contribution in [0.2, 0.25) is 0 Å². The Labute approximate surface area is 118 Å². The van der Waals surface area contributed by atoms with Crippen LogP contribution in [0.3, 0.4) is 0 Å². The molecule has 1 fully saturated rings. The molecule has 104 valence electrons. The number of nitrogens with zero attached hydrogens (tertiary/aromatic N) is 1. The van der Waals surface area contributed by atoms with Gasteiger partial charge in [0, 0.05) is 24.2 Å². The Kier molecular flexibility index (Phi) is 3.78. The van der Waals surface area contributed by atoms with Crippen molar-refractivity contribution in [3.63, 3.8) is 0 Å². The molecule has 0 amide bonds. The van der Waals surface area contributed by atoms with Crippen LogP contribution >= 0.6 is 15.9 Å². The standard InChI is InChI=1S/C12H15BrFN3O2/c1-12(6-15,7-2-3-7)16-10-5-9(14)8(13)4-11(10)17(18)19/h4-5,7,16H,2-3,6,15H2,1H3. The molecule has 0 aliphatic heterocycles. The average molecular weight is 332 g/mol. The van der Waals surface area contributed by atoms with Crippen molar-refractivity contribution < 1.29 is 9.31 Å². The van der Waals surface area contributed by atoms with E-state index in [-0.39, 0.29) is 15.8 Å². The SMILES string of the molecule is CC(CN)(Nc1cc(F)c(Br)cc1[N+](=O)[O-])C1CC1. The van der Waals surface area contributed by atoms with Gasteiger partial charge in [-0.15, -0.1) is 0 Å². The highest BCUT2D eigenvalue weighted by Crippen LogP contribution is 2.42. The summed E-state index contributed by atoms with van der Waals surface area (Å²) in [5.41, 5.74) is 5.33. The van der Waals surface area contributed by atoms with Crippen molar-refractivity contribution in [1.82, 2.24) is 0 Å². The molecule has 5 nitrogen and oxygen atoms in total. The zero-order valence-corrected chi connectivity index (χ0v) is 12.0. The van der Waals surface area contributed by atoms with Gasteiger partial charge in [0.2, 0.25) is 0 Å². The van der Waals surface area contributed by atoms with E-state index in [0.717, 1.165) is 18.9 Å². The summed E-state index contributed by atoms with van der Waals surface area (Å²) < 4.78 is 13.7. The molecular weight excluding hydrogens is 317 g/mol. The van der Waals surface area contributed by atoms with Crippen LogP contribution in [0.4, 0.5) is 15.8 Å². The second kappa shape index (κ2) is 5.05. The van der Waals surface area contributed by atoms with E-state index in [2.05, 4.69) is 21.2 Å². The normalized spacial score (nSPS) is 17.9. The Hall–Kier alpha value is -1.21. The van der Waals surface area contributed by atoms with E-state index < -0.39 is 16.3 Å². The zero-order valence-electron chi connectivity index (χ0n) is 10.5. The molecule has 0 radical (unpaired) electrons. The van der Waals surface area contributed by atoms with E-state index in [1.54, 1.807) is 0 Å². The van der Waals surface area contributed by atoms with Gasteiger partial charge in [0.25, 0.3) is 5.69 Å². The molecule has 1 unspecified atom stereocenters. The molecule has 19 heavy (non-hydrogen) atoms. The first-order valence-electron chi connectivity index (χ1n) is 5.99. The molecule has 0 heterocycles. The van der Waals surface area contributed by atoms with Crippen molar-refractivity contribution in [2.75, 3.05) is 11.9 Å². The largest absolute Gasteiger partial charge is 0.373 e. The summed E-state index contributed by atoms with van der Waals surface area (Å²) in [6, 6.07) is 2.31. The van der Waals surface area contributed by atoms with Crippen LogP contribution in [-0.4, -0.2) is 17.0 Å². The summed E-state index contributed by atoms with van der Waals surface area (Å²) in [6.45, 7) is 2.25. The Bertz CT molecular complexity index is 522. The second-order valence-corrected chi connectivity index (χ2v) is 5.92. The first kappa shape index (κ1) is 14.2. The van der Waals surface area contributed by atoms with Gasteiger partial charge < -0.3 is 11.1 Å². The summed E-state index contributed by atoms with van der Waals surface area (Å²) in [5, 5.41) is 14.1. The van der Waals surface area contributed by atoms with Crippen molar-refractivity contribution in [3.05, 3.63) is 32.5 Å². The smallest absolute Gasteiger partial charge is 0.293 e. The van der Waals surface area contributed by atoms with Crippen LogP contribution < -0.4 is 11.1 Å². The molecule has 1 saturated carbocycles. The molecule has 0 saturated heterocycles. The number of anilines is 1. The Morgan fingerprint density at radius 3 is 2.74 bits per heavy atom. The van der Waals surface area contributed by atoms with Gasteiger partial charge in [-0.25, -0.2) is 4.39 Å². The lowest BCUT2D eigenvalue weighted by atomic mass is 9.95. The number of halogens is 2. The van der Waals surface area contributed by atoms with Crippen LogP contribution in [0, 0.1) is 21.8 Å². The van der Waals surface area contributed by atoms with Crippen molar-refractivity contribution >= 4 is 27.3 Å². The van der Waals surface area contributed by atoms with Gasteiger partial charge >= 0.3 is 0 Å². The molecule has 1 aromatic carbocycles. The molecule has 3 N–H and O–H groups in total. The highest BCUT2D eigenvalue weighted by Gasteiger charge is 2.41. The first-order valence-corrected chi connectivity index (χ1v) is 6.78. The predicted octanol–water partition coefficient (Wildman–Crippen LogP) is 3.04. The number of nitro groups is 1. The number of benzene rings is 1. The van der Waals surface area contributed by atoms with Gasteiger partial charge in [0.15, 0.2) is 0 Å². The third-order valence-corrected chi connectivity index (χ3v) is 4.17. The Balaban J connectivity index is 2.38. The summed E-state index contributed by atoms with van der Waals surface area (Å²) in [5.74, 6) is -0.160. The summed E-state index contributed by atoms with van der Waals surface area (Å²) in [7, 11) is 0. The van der Waals surface area contributed by atoms with Crippen molar-refractivity contribution in [1.29, 1.82) is 0 Å². The molecular formula is C12H15BrFN3O2. The summed E-state index contributed by atoms with van der Waals surface area (Å²) in [4.78, 5) is 10.5. The van der Waals surface area contributed by atoms with Crippen LogP contribution in [0.15, 0.2) is 16.6 Å². The number of rotatable bonds is 5. The van der Waals surface area contributed by atoms with Gasteiger partial charge in [-0.3, -0.25) is 10.1 Å². The maximum absolute atomic E-state index is 13.6. The van der Waals surface area contributed by atoms with Gasteiger partial charge in [0.1, 0.15) is 11.5 Å².